The predicted molar refractivity (Wildman–Crippen MR) is 147 cm³/mol. The van der Waals surface area contributed by atoms with Crippen molar-refractivity contribution in [2.75, 3.05) is 17.7 Å². The van der Waals surface area contributed by atoms with Gasteiger partial charge < -0.3 is 19.9 Å². The van der Waals surface area contributed by atoms with E-state index in [0.717, 1.165) is 20.4 Å². The zero-order valence-corrected chi connectivity index (χ0v) is 23.5. The van der Waals surface area contributed by atoms with Gasteiger partial charge in [-0.2, -0.15) is 0 Å². The molecule has 0 unspecified atom stereocenters. The van der Waals surface area contributed by atoms with Crippen LogP contribution in [0.2, 0.25) is 0 Å². The third-order valence-electron chi connectivity index (χ3n) is 5.38. The van der Waals surface area contributed by atoms with Gasteiger partial charge in [-0.05, 0) is 83.3 Å². The van der Waals surface area contributed by atoms with Crippen LogP contribution >= 0.6 is 34.4 Å². The summed E-state index contributed by atoms with van der Waals surface area (Å²) in [7, 11) is 1.81. The van der Waals surface area contributed by atoms with E-state index < -0.39 is 0 Å². The topological polar surface area (TPSA) is 98.1 Å². The summed E-state index contributed by atoms with van der Waals surface area (Å²) in [5.74, 6) is 1.52. The Bertz CT molecular complexity index is 1170. The van der Waals surface area contributed by atoms with Crippen molar-refractivity contribution < 1.29 is 14.3 Å². The number of hydrogen-bond acceptors (Lipinski definition) is 6. The van der Waals surface area contributed by atoms with Gasteiger partial charge in [-0.25, -0.2) is 0 Å². The molecular formula is C25H30IN5O3S. The van der Waals surface area contributed by atoms with E-state index in [1.165, 1.54) is 17.3 Å². The first-order chi connectivity index (χ1) is 16.6. The second kappa shape index (κ2) is 12.4. The molecular weight excluding hydrogens is 577 g/mol. The molecule has 0 fully saturated rings. The van der Waals surface area contributed by atoms with Crippen LogP contribution in [0.3, 0.4) is 0 Å². The van der Waals surface area contributed by atoms with E-state index in [1.807, 2.05) is 57.3 Å². The molecule has 2 aromatic carbocycles. The molecule has 1 heterocycles. The highest BCUT2D eigenvalue weighted by molar-refractivity contribution is 14.1. The normalized spacial score (nSPS) is 10.9. The molecule has 35 heavy (non-hydrogen) atoms. The number of aromatic nitrogens is 3. The first kappa shape index (κ1) is 27.0. The van der Waals surface area contributed by atoms with E-state index in [2.05, 4.69) is 57.3 Å². The van der Waals surface area contributed by atoms with Crippen LogP contribution in [0, 0.1) is 17.4 Å². The molecule has 2 N–H and O–H groups in total. The first-order valence-electron chi connectivity index (χ1n) is 11.2. The zero-order chi connectivity index (χ0) is 25.5. The third kappa shape index (κ3) is 7.69. The summed E-state index contributed by atoms with van der Waals surface area (Å²) in [6.07, 6.45) is 0. The van der Waals surface area contributed by atoms with E-state index in [0.29, 0.717) is 22.6 Å². The maximum Gasteiger partial charge on any atom is 0.258 e. The lowest BCUT2D eigenvalue weighted by Gasteiger charge is -2.12. The van der Waals surface area contributed by atoms with Crippen LogP contribution in [-0.4, -0.2) is 38.9 Å². The molecule has 1 aromatic heterocycles. The Morgan fingerprint density at radius 2 is 1.74 bits per heavy atom. The molecule has 0 aliphatic heterocycles. The third-order valence-corrected chi connectivity index (χ3v) is 7.02. The first-order valence-corrected chi connectivity index (χ1v) is 13.3. The highest BCUT2D eigenvalue weighted by Gasteiger charge is 2.14. The smallest absolute Gasteiger partial charge is 0.258 e. The molecule has 3 aromatic rings. The fraction of sp³-hybridized carbons (Fsp3) is 0.360. The number of benzene rings is 2. The van der Waals surface area contributed by atoms with E-state index in [1.54, 1.807) is 4.57 Å². The number of carbonyl (C=O) groups excluding carboxylic acids is 2. The Labute approximate surface area is 223 Å². The van der Waals surface area contributed by atoms with E-state index in [-0.39, 0.29) is 30.7 Å². The van der Waals surface area contributed by atoms with E-state index >= 15 is 0 Å². The highest BCUT2D eigenvalue weighted by Crippen LogP contribution is 2.24. The van der Waals surface area contributed by atoms with Crippen LogP contribution < -0.4 is 15.4 Å². The quantitative estimate of drug-likeness (QED) is 0.259. The maximum absolute atomic E-state index is 12.5. The Morgan fingerprint density at radius 1 is 1.09 bits per heavy atom. The predicted octanol–water partition coefficient (Wildman–Crippen LogP) is 4.59. The van der Waals surface area contributed by atoms with Crippen molar-refractivity contribution >= 4 is 51.9 Å². The van der Waals surface area contributed by atoms with Crippen LogP contribution in [0.1, 0.15) is 42.3 Å². The Kier molecular flexibility index (Phi) is 9.55. The molecule has 0 spiro atoms. The summed E-state index contributed by atoms with van der Waals surface area (Å²) in [6.45, 7) is 8.34. The summed E-state index contributed by atoms with van der Waals surface area (Å²) in [5.41, 5.74) is 4.12. The molecule has 0 saturated heterocycles. The van der Waals surface area contributed by atoms with Gasteiger partial charge in [0.1, 0.15) is 5.75 Å². The minimum Gasteiger partial charge on any atom is -0.484 e. The number of aryl methyl sites for hydroxylation is 2. The summed E-state index contributed by atoms with van der Waals surface area (Å²) in [5, 5.41) is 14.7. The number of anilines is 1. The van der Waals surface area contributed by atoms with Crippen molar-refractivity contribution in [2.24, 2.45) is 7.05 Å². The minimum absolute atomic E-state index is 0.0853. The van der Waals surface area contributed by atoms with Gasteiger partial charge in [0.05, 0.1) is 12.3 Å². The number of halogens is 1. The zero-order valence-electron chi connectivity index (χ0n) is 20.5. The summed E-state index contributed by atoms with van der Waals surface area (Å²) >= 11 is 3.56. The highest BCUT2D eigenvalue weighted by atomic mass is 127. The lowest BCUT2D eigenvalue weighted by Crippen LogP contribution is -2.29. The number of thioether (sulfide) groups is 1. The molecule has 0 aliphatic carbocycles. The van der Waals surface area contributed by atoms with Gasteiger partial charge >= 0.3 is 0 Å². The fourth-order valence-corrected chi connectivity index (χ4v) is 5.03. The van der Waals surface area contributed by atoms with Gasteiger partial charge in [-0.1, -0.05) is 37.7 Å². The number of rotatable bonds is 10. The van der Waals surface area contributed by atoms with Crippen LogP contribution in [0.25, 0.3) is 0 Å². The lowest BCUT2D eigenvalue weighted by atomic mass is 10.0. The Hall–Kier alpha value is -2.60. The van der Waals surface area contributed by atoms with Crippen molar-refractivity contribution in [3.05, 3.63) is 62.5 Å². The van der Waals surface area contributed by atoms with Crippen molar-refractivity contribution in [3.8, 4) is 5.75 Å². The van der Waals surface area contributed by atoms with Gasteiger partial charge in [0.2, 0.25) is 5.91 Å². The minimum atomic E-state index is -0.252. The van der Waals surface area contributed by atoms with Crippen LogP contribution in [-0.2, 0) is 23.2 Å². The molecule has 3 rings (SSSR count). The van der Waals surface area contributed by atoms with Gasteiger partial charge in [-0.15, -0.1) is 10.2 Å². The Balaban J connectivity index is 1.45. The largest absolute Gasteiger partial charge is 0.484 e. The van der Waals surface area contributed by atoms with E-state index in [9.17, 15) is 9.59 Å². The molecule has 0 saturated carbocycles. The molecule has 2 amide bonds. The molecule has 186 valence electrons. The summed E-state index contributed by atoms with van der Waals surface area (Å²) in [6, 6.07) is 11.8. The van der Waals surface area contributed by atoms with Crippen molar-refractivity contribution in [1.82, 2.24) is 20.1 Å². The second-order valence-corrected chi connectivity index (χ2v) is 10.7. The molecule has 0 atom stereocenters. The van der Waals surface area contributed by atoms with E-state index in [4.69, 9.17) is 4.74 Å². The average Bonchev–Trinajstić information content (AvgIpc) is 3.16. The Morgan fingerprint density at radius 3 is 2.37 bits per heavy atom. The molecule has 0 aliphatic rings. The van der Waals surface area contributed by atoms with Crippen molar-refractivity contribution in [2.45, 2.75) is 45.3 Å². The standard InChI is InChI=1S/C25H30IN5O3S/c1-15(2)18-6-8-20(9-7-18)34-13-22(32)27-12-21-29-30-25(31(21)5)35-14-23(33)28-24-16(3)10-19(26)11-17(24)4/h6-11,15H,12-14H2,1-5H3,(H,27,32)(H,28,33). The fourth-order valence-electron chi connectivity index (χ4n) is 3.36. The monoisotopic (exact) mass is 607 g/mol. The van der Waals surface area contributed by atoms with Crippen LogP contribution in [0.4, 0.5) is 5.69 Å². The molecule has 0 bridgehead atoms. The second-order valence-electron chi connectivity index (χ2n) is 8.50. The average molecular weight is 608 g/mol. The summed E-state index contributed by atoms with van der Waals surface area (Å²) < 4.78 is 8.46. The van der Waals surface area contributed by atoms with Gasteiger partial charge in [0.25, 0.3) is 5.91 Å². The maximum atomic E-state index is 12.5. The molecule has 8 nitrogen and oxygen atoms in total. The molecule has 10 heteroatoms. The van der Waals surface area contributed by atoms with Gasteiger partial charge in [0, 0.05) is 16.3 Å². The number of hydrogen-bond donors (Lipinski definition) is 2. The number of nitrogens with one attached hydrogen (secondary N) is 2. The van der Waals surface area contributed by atoms with Crippen LogP contribution in [0.15, 0.2) is 41.6 Å². The SMILES string of the molecule is Cc1cc(I)cc(C)c1NC(=O)CSc1nnc(CNC(=O)COc2ccc(C(C)C)cc2)n1C. The van der Waals surface area contributed by atoms with Crippen molar-refractivity contribution in [3.63, 3.8) is 0 Å². The number of amides is 2. The van der Waals surface area contributed by atoms with Crippen molar-refractivity contribution in [1.29, 1.82) is 0 Å². The molecule has 0 radical (unpaired) electrons. The number of carbonyl (C=O) groups is 2. The van der Waals surface area contributed by atoms with Gasteiger partial charge in [0.15, 0.2) is 17.6 Å². The van der Waals surface area contributed by atoms with Crippen LogP contribution in [0.5, 0.6) is 5.75 Å². The summed E-state index contributed by atoms with van der Waals surface area (Å²) in [4.78, 5) is 24.7. The number of ether oxygens (including phenoxy) is 1. The van der Waals surface area contributed by atoms with Gasteiger partial charge in [-0.3, -0.25) is 9.59 Å². The number of nitrogens with zero attached hydrogens (tertiary/aromatic N) is 3. The lowest BCUT2D eigenvalue weighted by molar-refractivity contribution is -0.123.